The maximum atomic E-state index is 5.84. The molecule has 4 heteroatoms. The molecule has 1 aliphatic rings. The van der Waals surface area contributed by atoms with Crippen LogP contribution in [0.15, 0.2) is 12.2 Å². The summed E-state index contributed by atoms with van der Waals surface area (Å²) in [5, 5.41) is 0. The fourth-order valence-electron chi connectivity index (χ4n) is 1.92. The molecule has 4 nitrogen and oxygen atoms in total. The average molecular weight is 306 g/mol. The summed E-state index contributed by atoms with van der Waals surface area (Å²) in [6.45, 7) is 9.73. The van der Waals surface area contributed by atoms with Gasteiger partial charge in [0.05, 0.1) is 0 Å². The molecule has 1 fully saturated rings. The molecule has 1 rings (SSSR count). The van der Waals surface area contributed by atoms with Gasteiger partial charge in [0.2, 0.25) is 0 Å². The van der Waals surface area contributed by atoms with E-state index in [4.69, 9.17) is 18.9 Å². The van der Waals surface area contributed by atoms with Crippen LogP contribution >= 0.6 is 0 Å². The van der Waals surface area contributed by atoms with Gasteiger partial charge in [0.25, 0.3) is 0 Å². The third-order valence-corrected chi connectivity index (χ3v) is 3.13. The molecule has 0 aliphatic carbocycles. The van der Waals surface area contributed by atoms with Crippen LogP contribution in [0.5, 0.6) is 0 Å². The first-order valence-electron chi connectivity index (χ1n) is 7.43. The third kappa shape index (κ3) is 6.64. The summed E-state index contributed by atoms with van der Waals surface area (Å²) in [4.78, 5) is 0. The Balaban J connectivity index is 2.44. The van der Waals surface area contributed by atoms with E-state index in [-0.39, 0.29) is 18.8 Å². The van der Waals surface area contributed by atoms with E-state index in [1.165, 1.54) is 0 Å². The minimum absolute atomic E-state index is 0.0619. The van der Waals surface area contributed by atoms with Gasteiger partial charge >= 0.3 is 0 Å². The fourth-order valence-corrected chi connectivity index (χ4v) is 1.92. The first-order chi connectivity index (χ1) is 10.3. The van der Waals surface area contributed by atoms with Gasteiger partial charge in [0.15, 0.2) is 11.6 Å². The molecule has 0 saturated carbocycles. The van der Waals surface area contributed by atoms with Crippen molar-refractivity contribution >= 4 is 0 Å². The number of methoxy groups -OCH3 is 1. The molecule has 0 spiro atoms. The van der Waals surface area contributed by atoms with Crippen LogP contribution in [0.1, 0.15) is 41.0 Å². The lowest BCUT2D eigenvalue weighted by atomic mass is 10.1. The van der Waals surface area contributed by atoms with Crippen molar-refractivity contribution in [1.29, 1.82) is 0 Å². The lowest BCUT2D eigenvalue weighted by Crippen LogP contribution is -2.26. The lowest BCUT2D eigenvalue weighted by Gasteiger charge is -2.21. The van der Waals surface area contributed by atoms with Gasteiger partial charge in [0, 0.05) is 13.5 Å². The average Bonchev–Trinajstić information content (AvgIpc) is 2.72. The summed E-state index contributed by atoms with van der Waals surface area (Å²) in [6.07, 6.45) is 4.41. The molecule has 0 aromatic carbocycles. The van der Waals surface area contributed by atoms with Gasteiger partial charge in [0.1, 0.15) is 18.8 Å². The Bertz CT molecular complexity index is 497. The zero-order valence-corrected chi connectivity index (χ0v) is 14.4. The van der Waals surface area contributed by atoms with E-state index in [0.29, 0.717) is 6.42 Å². The molecule has 0 radical (unpaired) electrons. The molecule has 1 heterocycles. The van der Waals surface area contributed by atoms with Gasteiger partial charge in [-0.05, 0) is 46.5 Å². The van der Waals surface area contributed by atoms with Crippen molar-refractivity contribution in [1.82, 2.24) is 0 Å². The largest absolute Gasteiger partial charge is 0.354 e. The van der Waals surface area contributed by atoms with E-state index < -0.39 is 11.6 Å². The van der Waals surface area contributed by atoms with Gasteiger partial charge in [-0.2, -0.15) is 0 Å². The van der Waals surface area contributed by atoms with E-state index in [1.54, 1.807) is 7.11 Å². The molecule has 122 valence electrons. The van der Waals surface area contributed by atoms with Crippen LogP contribution in [-0.2, 0) is 18.9 Å². The first-order valence-corrected chi connectivity index (χ1v) is 7.43. The molecular formula is C18H26O4. The van der Waals surface area contributed by atoms with Gasteiger partial charge in [-0.25, -0.2) is 0 Å². The van der Waals surface area contributed by atoms with Gasteiger partial charge in [-0.3, -0.25) is 0 Å². The summed E-state index contributed by atoms with van der Waals surface area (Å²) >= 11 is 0. The van der Waals surface area contributed by atoms with Crippen molar-refractivity contribution in [2.45, 2.75) is 64.8 Å². The number of allylic oxidation sites excluding steroid dienone is 1. The van der Waals surface area contributed by atoms with Crippen molar-refractivity contribution in [3.8, 4) is 23.7 Å². The highest BCUT2D eigenvalue weighted by Gasteiger charge is 2.39. The van der Waals surface area contributed by atoms with E-state index in [1.807, 2.05) is 46.8 Å². The summed E-state index contributed by atoms with van der Waals surface area (Å²) < 4.78 is 22.2. The summed E-state index contributed by atoms with van der Waals surface area (Å²) in [5.74, 6) is 10.3. The highest BCUT2D eigenvalue weighted by molar-refractivity contribution is 5.26. The Kier molecular flexibility index (Phi) is 7.13. The fraction of sp³-hybridized carbons (Fsp3) is 0.667. The van der Waals surface area contributed by atoms with Crippen molar-refractivity contribution in [2.24, 2.45) is 0 Å². The first kappa shape index (κ1) is 18.7. The molecule has 0 aromatic rings. The van der Waals surface area contributed by atoms with Crippen molar-refractivity contribution < 1.29 is 18.9 Å². The minimum atomic E-state index is -0.623. The molecule has 2 atom stereocenters. The van der Waals surface area contributed by atoms with E-state index >= 15 is 0 Å². The van der Waals surface area contributed by atoms with Crippen LogP contribution in [-0.4, -0.2) is 37.5 Å². The molecule has 1 saturated heterocycles. The van der Waals surface area contributed by atoms with Gasteiger partial charge in [-0.15, -0.1) is 0 Å². The summed E-state index contributed by atoms with van der Waals surface area (Å²) in [6, 6.07) is 0. The van der Waals surface area contributed by atoms with Crippen LogP contribution in [0.4, 0.5) is 0 Å². The predicted octanol–water partition coefficient (Wildman–Crippen LogP) is 2.88. The lowest BCUT2D eigenvalue weighted by molar-refractivity contribution is -0.188. The normalized spacial score (nSPS) is 23.7. The van der Waals surface area contributed by atoms with E-state index in [2.05, 4.69) is 23.7 Å². The van der Waals surface area contributed by atoms with Gasteiger partial charge < -0.3 is 18.9 Å². The quantitative estimate of drug-likeness (QED) is 0.445. The summed E-state index contributed by atoms with van der Waals surface area (Å²) in [7, 11) is 1.60. The van der Waals surface area contributed by atoms with Crippen molar-refractivity contribution in [3.05, 3.63) is 12.2 Å². The Labute approximate surface area is 134 Å². The number of rotatable bonds is 5. The molecule has 0 aromatic heterocycles. The molecule has 0 unspecified atom stereocenters. The van der Waals surface area contributed by atoms with Gasteiger partial charge in [-0.1, -0.05) is 24.0 Å². The van der Waals surface area contributed by atoms with Crippen LogP contribution in [0.25, 0.3) is 0 Å². The summed E-state index contributed by atoms with van der Waals surface area (Å²) in [5.41, 5.74) is 0. The number of hydrogen-bond donors (Lipinski definition) is 0. The highest BCUT2D eigenvalue weighted by Crippen LogP contribution is 2.30. The van der Waals surface area contributed by atoms with E-state index in [9.17, 15) is 0 Å². The topological polar surface area (TPSA) is 36.9 Å². The minimum Gasteiger partial charge on any atom is -0.354 e. The molecule has 1 aliphatic heterocycles. The monoisotopic (exact) mass is 306 g/mol. The second-order valence-corrected chi connectivity index (χ2v) is 5.86. The van der Waals surface area contributed by atoms with E-state index in [0.717, 1.165) is 0 Å². The number of hydrogen-bond acceptors (Lipinski definition) is 4. The van der Waals surface area contributed by atoms with Crippen LogP contribution in [0.2, 0.25) is 0 Å². The van der Waals surface area contributed by atoms with Crippen LogP contribution in [0, 0.1) is 23.7 Å². The SMILES string of the molecule is C/C=C/[C@H]1OC(C)(C)O[C@@H]1CC#CC#CCOC(C)(C)OC. The number of ether oxygens (including phenoxy) is 4. The molecular weight excluding hydrogens is 280 g/mol. The highest BCUT2D eigenvalue weighted by atomic mass is 16.7. The smallest absolute Gasteiger partial charge is 0.164 e. The second-order valence-electron chi connectivity index (χ2n) is 5.86. The zero-order chi connectivity index (χ0) is 16.6. The maximum absolute atomic E-state index is 5.84. The third-order valence-electron chi connectivity index (χ3n) is 3.13. The molecule has 0 bridgehead atoms. The van der Waals surface area contributed by atoms with Crippen LogP contribution in [0.3, 0.4) is 0 Å². The molecule has 22 heavy (non-hydrogen) atoms. The molecule has 0 amide bonds. The predicted molar refractivity (Wildman–Crippen MR) is 85.8 cm³/mol. The van der Waals surface area contributed by atoms with Crippen molar-refractivity contribution in [3.63, 3.8) is 0 Å². The van der Waals surface area contributed by atoms with Crippen molar-refractivity contribution in [2.75, 3.05) is 13.7 Å². The molecule has 0 N–H and O–H groups in total. The Morgan fingerprint density at radius 2 is 1.86 bits per heavy atom. The Hall–Kier alpha value is -1.30. The zero-order valence-electron chi connectivity index (χ0n) is 14.4. The second kappa shape index (κ2) is 8.36. The Morgan fingerprint density at radius 3 is 2.50 bits per heavy atom. The maximum Gasteiger partial charge on any atom is 0.164 e. The standard InChI is InChI=1S/C18H26O4/c1-7-12-15-16(22-18(4,5)21-15)13-10-8-9-11-14-20-17(2,3)19-6/h7,12,15-16H,13-14H2,1-6H3/b12-7+/t15-,16-/m1/s1. The Morgan fingerprint density at radius 1 is 1.18 bits per heavy atom. The van der Waals surface area contributed by atoms with Crippen LogP contribution < -0.4 is 0 Å².